The second-order valence-corrected chi connectivity index (χ2v) is 5.56. The Morgan fingerprint density at radius 2 is 1.09 bits per heavy atom. The van der Waals surface area contributed by atoms with Crippen LogP contribution in [0.5, 0.6) is 0 Å². The molecular formula is C21H17N. The summed E-state index contributed by atoms with van der Waals surface area (Å²) in [6, 6.07) is 30.0. The Kier molecular flexibility index (Phi) is 3.05. The van der Waals surface area contributed by atoms with E-state index in [4.69, 9.17) is 0 Å². The fourth-order valence-corrected chi connectivity index (χ4v) is 3.13. The highest BCUT2D eigenvalue weighted by molar-refractivity contribution is 6.12. The third-order valence-corrected chi connectivity index (χ3v) is 4.22. The summed E-state index contributed by atoms with van der Waals surface area (Å²) in [4.78, 5) is 2.28. The lowest BCUT2D eigenvalue weighted by Crippen LogP contribution is -2.10. The van der Waals surface area contributed by atoms with Crippen molar-refractivity contribution in [3.63, 3.8) is 0 Å². The molecule has 4 rings (SSSR count). The minimum atomic E-state index is 1.20. The molecule has 0 spiro atoms. The molecule has 0 saturated carbocycles. The third-order valence-electron chi connectivity index (χ3n) is 4.22. The second kappa shape index (κ2) is 5.19. The van der Waals surface area contributed by atoms with Gasteiger partial charge in [0.15, 0.2) is 0 Å². The summed E-state index contributed by atoms with van der Waals surface area (Å²) in [7, 11) is 2.14. The zero-order valence-corrected chi connectivity index (χ0v) is 12.5. The molecule has 0 bridgehead atoms. The van der Waals surface area contributed by atoms with Crippen LogP contribution >= 0.6 is 0 Å². The Bertz CT molecular complexity index is 887. The molecular weight excluding hydrogens is 266 g/mol. The van der Waals surface area contributed by atoms with Gasteiger partial charge in [-0.2, -0.15) is 0 Å². The molecule has 0 atom stereocenters. The summed E-state index contributed by atoms with van der Waals surface area (Å²) in [5.41, 5.74) is 2.46. The fourth-order valence-electron chi connectivity index (χ4n) is 3.13. The van der Waals surface area contributed by atoms with Gasteiger partial charge in [-0.15, -0.1) is 0 Å². The van der Waals surface area contributed by atoms with E-state index in [2.05, 4.69) is 96.9 Å². The first-order valence-electron chi connectivity index (χ1n) is 7.54. The van der Waals surface area contributed by atoms with Crippen molar-refractivity contribution < 1.29 is 0 Å². The number of nitrogens with zero attached hydrogens (tertiary/aromatic N) is 1. The molecule has 4 aromatic carbocycles. The van der Waals surface area contributed by atoms with Crippen molar-refractivity contribution in [1.82, 2.24) is 0 Å². The molecule has 0 heterocycles. The van der Waals surface area contributed by atoms with Crippen LogP contribution in [0.3, 0.4) is 0 Å². The number of benzene rings is 4. The molecule has 106 valence electrons. The van der Waals surface area contributed by atoms with Gasteiger partial charge in [-0.25, -0.2) is 0 Å². The number of hydrogen-bond donors (Lipinski definition) is 0. The van der Waals surface area contributed by atoms with Gasteiger partial charge < -0.3 is 4.90 Å². The first-order valence-corrected chi connectivity index (χ1v) is 7.54. The van der Waals surface area contributed by atoms with Crippen LogP contribution in [-0.2, 0) is 0 Å². The van der Waals surface area contributed by atoms with Crippen molar-refractivity contribution in [3.05, 3.63) is 84.9 Å². The summed E-state index contributed by atoms with van der Waals surface area (Å²) in [5.74, 6) is 0. The molecule has 0 saturated heterocycles. The molecule has 0 aliphatic rings. The molecule has 0 amide bonds. The maximum Gasteiger partial charge on any atom is 0.0567 e. The Morgan fingerprint density at radius 1 is 0.591 bits per heavy atom. The Hall–Kier alpha value is -2.80. The molecule has 0 fully saturated rings. The summed E-state index contributed by atoms with van der Waals surface area (Å²) < 4.78 is 0. The zero-order valence-electron chi connectivity index (χ0n) is 12.5. The van der Waals surface area contributed by atoms with Crippen LogP contribution in [0.25, 0.3) is 21.5 Å². The van der Waals surface area contributed by atoms with Crippen LogP contribution in [-0.4, -0.2) is 7.05 Å². The van der Waals surface area contributed by atoms with Crippen LogP contribution in [0.4, 0.5) is 11.4 Å². The summed E-state index contributed by atoms with van der Waals surface area (Å²) in [6.45, 7) is 0. The van der Waals surface area contributed by atoms with Crippen LogP contribution in [0, 0.1) is 0 Å². The van der Waals surface area contributed by atoms with Crippen LogP contribution < -0.4 is 4.90 Å². The van der Waals surface area contributed by atoms with E-state index in [-0.39, 0.29) is 0 Å². The lowest BCUT2D eigenvalue weighted by atomic mass is 10.00. The average Bonchev–Trinajstić information content (AvgIpc) is 2.60. The van der Waals surface area contributed by atoms with E-state index in [1.807, 2.05) is 0 Å². The highest BCUT2D eigenvalue weighted by Gasteiger charge is 2.12. The third kappa shape index (κ3) is 2.03. The first-order chi connectivity index (χ1) is 10.8. The highest BCUT2D eigenvalue weighted by Crippen LogP contribution is 2.37. The van der Waals surface area contributed by atoms with Gasteiger partial charge in [-0.1, -0.05) is 66.7 Å². The van der Waals surface area contributed by atoms with E-state index in [1.54, 1.807) is 0 Å². The van der Waals surface area contributed by atoms with Crippen molar-refractivity contribution in [3.8, 4) is 0 Å². The van der Waals surface area contributed by atoms with Crippen LogP contribution in [0.15, 0.2) is 84.9 Å². The summed E-state index contributed by atoms with van der Waals surface area (Å²) >= 11 is 0. The average molecular weight is 283 g/mol. The number of hydrogen-bond acceptors (Lipinski definition) is 1. The van der Waals surface area contributed by atoms with E-state index < -0.39 is 0 Å². The molecule has 1 heteroatoms. The zero-order chi connectivity index (χ0) is 14.9. The molecule has 0 aromatic heterocycles. The van der Waals surface area contributed by atoms with Gasteiger partial charge >= 0.3 is 0 Å². The molecule has 0 N–H and O–H groups in total. The van der Waals surface area contributed by atoms with Gasteiger partial charge in [0.1, 0.15) is 0 Å². The minimum Gasteiger partial charge on any atom is -0.344 e. The number of para-hydroxylation sites is 1. The van der Waals surface area contributed by atoms with Gasteiger partial charge in [0.2, 0.25) is 0 Å². The van der Waals surface area contributed by atoms with Gasteiger partial charge in [-0.3, -0.25) is 0 Å². The Labute approximate surface area is 130 Å². The normalized spacial score (nSPS) is 11.0. The fraction of sp³-hybridized carbons (Fsp3) is 0.0476. The van der Waals surface area contributed by atoms with E-state index >= 15 is 0 Å². The first kappa shape index (κ1) is 12.9. The molecule has 0 radical (unpaired) electrons. The molecule has 0 aliphatic carbocycles. The molecule has 22 heavy (non-hydrogen) atoms. The highest BCUT2D eigenvalue weighted by atomic mass is 15.1. The quantitative estimate of drug-likeness (QED) is 0.423. The minimum absolute atomic E-state index is 1.20. The standard InChI is InChI=1S/C21H17N/c1-22(18-11-3-2-4-12-18)21-19-13-7-5-9-16(19)15-17-10-6-8-14-20(17)21/h2-15H,1H3. The van der Waals surface area contributed by atoms with Gasteiger partial charge in [0.05, 0.1) is 5.69 Å². The van der Waals surface area contributed by atoms with Crippen LogP contribution in [0.2, 0.25) is 0 Å². The predicted octanol–water partition coefficient (Wildman–Crippen LogP) is 5.76. The lowest BCUT2D eigenvalue weighted by Gasteiger charge is -2.23. The SMILES string of the molecule is CN(c1ccccc1)c1c2ccccc2cc2ccccc12. The largest absolute Gasteiger partial charge is 0.344 e. The van der Waals surface area contributed by atoms with E-state index in [1.165, 1.54) is 32.9 Å². The smallest absolute Gasteiger partial charge is 0.0567 e. The lowest BCUT2D eigenvalue weighted by molar-refractivity contribution is 1.23. The predicted molar refractivity (Wildman–Crippen MR) is 96.0 cm³/mol. The molecule has 0 unspecified atom stereocenters. The maximum atomic E-state index is 2.28. The van der Waals surface area contributed by atoms with Gasteiger partial charge in [-0.05, 0) is 29.0 Å². The second-order valence-electron chi connectivity index (χ2n) is 5.56. The Morgan fingerprint density at radius 3 is 1.68 bits per heavy atom. The van der Waals surface area contributed by atoms with Crippen molar-refractivity contribution >= 4 is 32.9 Å². The molecule has 0 aliphatic heterocycles. The summed E-state index contributed by atoms with van der Waals surface area (Å²) in [5, 5.41) is 5.12. The van der Waals surface area contributed by atoms with Crippen molar-refractivity contribution in [2.45, 2.75) is 0 Å². The van der Waals surface area contributed by atoms with E-state index in [0.29, 0.717) is 0 Å². The van der Waals surface area contributed by atoms with E-state index in [0.717, 1.165) is 0 Å². The number of rotatable bonds is 2. The van der Waals surface area contributed by atoms with Crippen LogP contribution in [0.1, 0.15) is 0 Å². The maximum absolute atomic E-state index is 2.28. The van der Waals surface area contributed by atoms with Crippen molar-refractivity contribution in [1.29, 1.82) is 0 Å². The van der Waals surface area contributed by atoms with Crippen molar-refractivity contribution in [2.24, 2.45) is 0 Å². The van der Waals surface area contributed by atoms with Gasteiger partial charge in [0.25, 0.3) is 0 Å². The monoisotopic (exact) mass is 283 g/mol. The molecule has 4 aromatic rings. The number of fused-ring (bicyclic) bond motifs is 2. The topological polar surface area (TPSA) is 3.24 Å². The Balaban J connectivity index is 2.08. The molecule has 1 nitrogen and oxygen atoms in total. The summed E-state index contributed by atoms with van der Waals surface area (Å²) in [6.07, 6.45) is 0. The van der Waals surface area contributed by atoms with E-state index in [9.17, 15) is 0 Å². The van der Waals surface area contributed by atoms with Crippen molar-refractivity contribution in [2.75, 3.05) is 11.9 Å². The number of anilines is 2. The van der Waals surface area contributed by atoms with Gasteiger partial charge in [0, 0.05) is 23.5 Å².